The Morgan fingerprint density at radius 2 is 1.33 bits per heavy atom. The molecule has 3 aromatic rings. The van der Waals surface area contributed by atoms with Gasteiger partial charge in [0.2, 0.25) is 0 Å². The van der Waals surface area contributed by atoms with E-state index in [0.717, 1.165) is 0 Å². The van der Waals surface area contributed by atoms with E-state index >= 15 is 0 Å². The van der Waals surface area contributed by atoms with Gasteiger partial charge in [0.15, 0.2) is 11.6 Å². The number of rotatable bonds is 15. The second kappa shape index (κ2) is 20.7. The van der Waals surface area contributed by atoms with Crippen molar-refractivity contribution in [2.24, 2.45) is 0 Å². The van der Waals surface area contributed by atoms with Gasteiger partial charge in [-0.15, -0.1) is 0 Å². The molecule has 0 aliphatic carbocycles. The zero-order valence-corrected chi connectivity index (χ0v) is 30.0. The van der Waals surface area contributed by atoms with Crippen LogP contribution < -0.4 is 10.9 Å². The van der Waals surface area contributed by atoms with E-state index in [9.17, 15) is 28.0 Å². The number of carbonyl (C=O) groups is 4. The number of halogens is 6. The molecule has 49 heavy (non-hydrogen) atoms. The minimum Gasteiger partial charge on any atom is -0.466 e. The first-order chi connectivity index (χ1) is 23.3. The van der Waals surface area contributed by atoms with Crippen molar-refractivity contribution in [2.75, 3.05) is 31.9 Å². The summed E-state index contributed by atoms with van der Waals surface area (Å²) in [5, 5.41) is -0.392. The van der Waals surface area contributed by atoms with Gasteiger partial charge in [0.05, 0.1) is 52.2 Å². The molecule has 3 rings (SSSR count). The molecule has 1 aromatic heterocycles. The lowest BCUT2D eigenvalue weighted by Gasteiger charge is -2.13. The van der Waals surface area contributed by atoms with Gasteiger partial charge in [0.25, 0.3) is 0 Å². The molecule has 0 saturated carbocycles. The van der Waals surface area contributed by atoms with Gasteiger partial charge in [-0.2, -0.15) is 0 Å². The van der Waals surface area contributed by atoms with Gasteiger partial charge in [-0.1, -0.05) is 52.5 Å². The third-order valence-electron chi connectivity index (χ3n) is 6.21. The molecule has 268 valence electrons. The molecule has 0 spiro atoms. The van der Waals surface area contributed by atoms with Crippen molar-refractivity contribution in [3.8, 4) is 0 Å². The maximum Gasteiger partial charge on any atom is 0.355 e. The molecule has 2 aromatic carbocycles. The van der Waals surface area contributed by atoms with Gasteiger partial charge in [0, 0.05) is 23.7 Å². The number of aromatic nitrogens is 1. The number of hydrogen-bond acceptors (Lipinski definition) is 10. The number of ether oxygens (including phenoxy) is 4. The van der Waals surface area contributed by atoms with Gasteiger partial charge >= 0.3 is 23.9 Å². The molecule has 17 heteroatoms. The number of hydrogen-bond donors (Lipinski definition) is 3. The van der Waals surface area contributed by atoms with Crippen molar-refractivity contribution in [1.82, 2.24) is 10.4 Å². The Morgan fingerprint density at radius 3 is 1.90 bits per heavy atom. The number of fused-ring (bicyclic) bond motifs is 1. The van der Waals surface area contributed by atoms with Crippen molar-refractivity contribution < 1.29 is 46.9 Å². The molecular weight excluding hydrogens is 734 g/mol. The van der Waals surface area contributed by atoms with Crippen LogP contribution in [0.4, 0.5) is 14.5 Å². The number of esters is 4. The second-order valence-electron chi connectivity index (χ2n) is 9.60. The Labute approximate surface area is 301 Å². The average molecular weight is 769 g/mol. The van der Waals surface area contributed by atoms with Gasteiger partial charge < -0.3 is 29.4 Å². The number of hydrazine groups is 1. The highest BCUT2D eigenvalue weighted by molar-refractivity contribution is 6.39. The third-order valence-corrected chi connectivity index (χ3v) is 7.39. The predicted octanol–water partition coefficient (Wildman–Crippen LogP) is 8.13. The van der Waals surface area contributed by atoms with E-state index in [1.165, 1.54) is 24.3 Å². The summed E-state index contributed by atoms with van der Waals surface area (Å²) in [5.41, 5.74) is 6.68. The zero-order valence-electron chi connectivity index (χ0n) is 27.0. The lowest BCUT2D eigenvalue weighted by molar-refractivity contribution is -0.144. The normalized spacial score (nSPS) is 10.9. The molecule has 1 heterocycles. The van der Waals surface area contributed by atoms with Crippen LogP contribution in [-0.4, -0.2) is 55.3 Å². The highest BCUT2D eigenvalue weighted by Crippen LogP contribution is 2.36. The Kier molecular flexibility index (Phi) is 17.5. The first-order valence-electron chi connectivity index (χ1n) is 15.0. The zero-order chi connectivity index (χ0) is 36.7. The summed E-state index contributed by atoms with van der Waals surface area (Å²) < 4.78 is 47.1. The molecule has 0 amide bonds. The summed E-state index contributed by atoms with van der Waals surface area (Å²) in [6, 6.07) is 3.95. The van der Waals surface area contributed by atoms with Crippen molar-refractivity contribution in [3.05, 3.63) is 73.0 Å². The van der Waals surface area contributed by atoms with Crippen LogP contribution in [0.1, 0.15) is 63.0 Å². The molecular formula is C32H35Cl4F2N3O8. The topological polar surface area (TPSA) is 145 Å². The number of aromatic amines is 1. The van der Waals surface area contributed by atoms with Crippen LogP contribution in [0.3, 0.4) is 0 Å². The van der Waals surface area contributed by atoms with Crippen LogP contribution >= 0.6 is 46.4 Å². The van der Waals surface area contributed by atoms with Crippen LogP contribution in [0, 0.1) is 11.6 Å². The first kappa shape index (κ1) is 41.4. The van der Waals surface area contributed by atoms with Crippen molar-refractivity contribution in [3.63, 3.8) is 0 Å². The fraction of sp³-hybridized carbons (Fsp3) is 0.375. The quantitative estimate of drug-likeness (QED) is 0.0456. The average Bonchev–Trinajstić information content (AvgIpc) is 3.42. The summed E-state index contributed by atoms with van der Waals surface area (Å²) in [6.07, 6.45) is 2.05. The molecule has 3 N–H and O–H groups in total. The summed E-state index contributed by atoms with van der Waals surface area (Å²) in [4.78, 5) is 49.9. The van der Waals surface area contributed by atoms with Gasteiger partial charge in [0.1, 0.15) is 11.4 Å². The number of carbonyl (C=O) groups excluding carboxylic acids is 4. The van der Waals surface area contributed by atoms with Crippen molar-refractivity contribution >= 4 is 86.9 Å². The first-order valence-corrected chi connectivity index (χ1v) is 16.5. The van der Waals surface area contributed by atoms with E-state index in [2.05, 4.69) is 15.8 Å². The number of H-pyrrole nitrogens is 1. The SMILES string of the molecule is CCOC(=O)CC/C=C(/NNc1cc(Cl)c(F)c(Cl)c1)C(=O)OCC.CCOC(=O)CCc1c(C(=O)OCC)[nH]c2cc(Cl)c(F)c(Cl)c12. The fourth-order valence-corrected chi connectivity index (χ4v) is 5.20. The molecule has 0 aliphatic heterocycles. The van der Waals surface area contributed by atoms with Crippen LogP contribution in [0.5, 0.6) is 0 Å². The van der Waals surface area contributed by atoms with Gasteiger partial charge in [-0.05, 0) is 64.3 Å². The number of nitrogens with one attached hydrogen (secondary N) is 3. The van der Waals surface area contributed by atoms with Crippen LogP contribution in [0.2, 0.25) is 20.1 Å². The minimum absolute atomic E-state index is 0.0216. The summed E-state index contributed by atoms with van der Waals surface area (Å²) in [5.74, 6) is -3.53. The maximum absolute atomic E-state index is 14.0. The van der Waals surface area contributed by atoms with Gasteiger partial charge in [-0.25, -0.2) is 18.4 Å². The molecule has 0 fully saturated rings. The monoisotopic (exact) mass is 767 g/mol. The third kappa shape index (κ3) is 12.2. The predicted molar refractivity (Wildman–Crippen MR) is 183 cm³/mol. The maximum atomic E-state index is 14.0. The number of allylic oxidation sites excluding steroid dienone is 1. The van der Waals surface area contributed by atoms with E-state index in [1.54, 1.807) is 27.7 Å². The second-order valence-corrected chi connectivity index (χ2v) is 11.2. The summed E-state index contributed by atoms with van der Waals surface area (Å²) in [7, 11) is 0. The number of aryl methyl sites for hydroxylation is 1. The number of benzene rings is 2. The molecule has 0 radical (unpaired) electrons. The highest BCUT2D eigenvalue weighted by atomic mass is 35.5. The minimum atomic E-state index is -0.780. The Bertz CT molecular complexity index is 1660. The van der Waals surface area contributed by atoms with E-state index < -0.39 is 29.5 Å². The van der Waals surface area contributed by atoms with Crippen molar-refractivity contribution in [1.29, 1.82) is 0 Å². The lowest BCUT2D eigenvalue weighted by atomic mass is 10.0. The molecule has 0 bridgehead atoms. The van der Waals surface area contributed by atoms with Crippen LogP contribution in [0.15, 0.2) is 30.0 Å². The van der Waals surface area contributed by atoms with E-state index in [-0.39, 0.29) is 83.0 Å². The van der Waals surface area contributed by atoms with E-state index in [0.29, 0.717) is 28.8 Å². The smallest absolute Gasteiger partial charge is 0.355 e. The Balaban J connectivity index is 0.000000340. The molecule has 11 nitrogen and oxygen atoms in total. The fourth-order valence-electron chi connectivity index (χ4n) is 4.14. The standard InChI is InChI=1S/C16H19Cl2FN2O4.C16H16Cl2FNO4/c1-3-24-14(22)7-5-6-13(16(23)25-4-2)21-20-10-8-11(17)15(19)12(18)9-10;1-3-23-11(21)6-5-8-12-10(7-9(17)14(19)13(12)18)20-15(8)16(22)24-4-2/h6,8-9,20-21H,3-5,7H2,1-2H3;7,20H,3-6H2,1-2H3/b13-6+;. The summed E-state index contributed by atoms with van der Waals surface area (Å²) in [6.45, 7) is 7.65. The van der Waals surface area contributed by atoms with Crippen molar-refractivity contribution in [2.45, 2.75) is 53.4 Å². The Hall–Kier alpha value is -3.78. The molecule has 0 saturated heterocycles. The highest BCUT2D eigenvalue weighted by Gasteiger charge is 2.24. The molecule has 0 unspecified atom stereocenters. The largest absolute Gasteiger partial charge is 0.466 e. The molecule has 0 atom stereocenters. The van der Waals surface area contributed by atoms with E-state index in [1.807, 2.05) is 0 Å². The van der Waals surface area contributed by atoms with Crippen LogP contribution in [-0.2, 0) is 39.8 Å². The molecule has 0 aliphatic rings. The lowest BCUT2D eigenvalue weighted by Crippen LogP contribution is -2.27. The van der Waals surface area contributed by atoms with Gasteiger partial charge in [-0.3, -0.25) is 15.0 Å². The van der Waals surface area contributed by atoms with Crippen LogP contribution in [0.25, 0.3) is 10.9 Å². The summed E-state index contributed by atoms with van der Waals surface area (Å²) >= 11 is 23.3. The number of anilines is 1. The van der Waals surface area contributed by atoms with E-state index in [4.69, 9.17) is 65.4 Å². The Morgan fingerprint density at radius 1 is 0.776 bits per heavy atom.